The molecule has 3 nitrogen and oxygen atoms in total. The summed E-state index contributed by atoms with van der Waals surface area (Å²) in [4.78, 5) is 5.94. The van der Waals surface area contributed by atoms with E-state index in [4.69, 9.17) is 0 Å². The van der Waals surface area contributed by atoms with Gasteiger partial charge in [-0.15, -0.1) is 0 Å². The molecule has 0 aliphatic carbocycles. The van der Waals surface area contributed by atoms with Gasteiger partial charge in [-0.1, -0.05) is 13.5 Å². The molecule has 0 fully saturated rings. The van der Waals surface area contributed by atoms with E-state index in [1.165, 1.54) is 0 Å². The summed E-state index contributed by atoms with van der Waals surface area (Å²) in [6.45, 7) is 10.1. The lowest BCUT2D eigenvalue weighted by molar-refractivity contribution is 0.116. The van der Waals surface area contributed by atoms with Crippen LogP contribution in [0, 0.1) is 0 Å². The maximum absolute atomic E-state index is 10.00. The van der Waals surface area contributed by atoms with Gasteiger partial charge in [0, 0.05) is 13.6 Å². The quantitative estimate of drug-likeness (QED) is 0.532. The molecular weight excluding hydrogens is 164 g/mol. The van der Waals surface area contributed by atoms with Crippen molar-refractivity contribution in [3.63, 3.8) is 0 Å². The van der Waals surface area contributed by atoms with Crippen LogP contribution >= 0.6 is 0 Å². The Bertz CT molecular complexity index is 197. The largest absolute Gasteiger partial charge is 0.382 e. The van der Waals surface area contributed by atoms with E-state index in [9.17, 15) is 5.11 Å². The van der Waals surface area contributed by atoms with Crippen LogP contribution in [0.5, 0.6) is 0 Å². The number of hydrogen-bond acceptors (Lipinski definition) is 2. The molecule has 76 valence electrons. The van der Waals surface area contributed by atoms with Gasteiger partial charge >= 0.3 is 0 Å². The van der Waals surface area contributed by atoms with E-state index >= 15 is 0 Å². The van der Waals surface area contributed by atoms with E-state index in [-0.39, 0.29) is 0 Å². The molecule has 0 heterocycles. The summed E-state index contributed by atoms with van der Waals surface area (Å²) in [7, 11) is 1.69. The smallest absolute Gasteiger partial charge is 0.135 e. The zero-order valence-electron chi connectivity index (χ0n) is 9.04. The zero-order valence-corrected chi connectivity index (χ0v) is 9.04. The Hall–Kier alpha value is -0.830. The molecular formula is C10H20N2O. The van der Waals surface area contributed by atoms with Crippen molar-refractivity contribution in [2.24, 2.45) is 4.99 Å². The summed E-state index contributed by atoms with van der Waals surface area (Å²) in [6, 6.07) is 0. The van der Waals surface area contributed by atoms with Gasteiger partial charge in [-0.05, 0) is 26.5 Å². The molecule has 0 rings (SSSR count). The molecule has 0 aromatic carbocycles. The standard InChI is InChI=1S/C10H20N2O/c1-6-10(4,13)9(11-5)12(7-2)8-3/h7,13H,2,6,8H2,1,3-5H3. The second-order valence-corrected chi connectivity index (χ2v) is 3.14. The third-order valence-electron chi connectivity index (χ3n) is 2.22. The SMILES string of the molecule is C=CN(CC)C(=NC)C(C)(O)CC. The molecule has 1 atom stereocenters. The minimum Gasteiger partial charge on any atom is -0.382 e. The van der Waals surface area contributed by atoms with E-state index in [0.717, 1.165) is 6.54 Å². The molecule has 0 amide bonds. The summed E-state index contributed by atoms with van der Waals surface area (Å²) in [5, 5.41) is 10.00. The maximum Gasteiger partial charge on any atom is 0.135 e. The van der Waals surface area contributed by atoms with Crippen LogP contribution in [-0.2, 0) is 0 Å². The van der Waals surface area contributed by atoms with Crippen LogP contribution in [0.2, 0.25) is 0 Å². The first-order valence-corrected chi connectivity index (χ1v) is 4.62. The lowest BCUT2D eigenvalue weighted by Crippen LogP contribution is -2.44. The predicted octanol–water partition coefficient (Wildman–Crippen LogP) is 1.64. The number of amidine groups is 1. The number of rotatable bonds is 4. The molecule has 3 heteroatoms. The average Bonchev–Trinajstić information content (AvgIpc) is 2.13. The molecule has 0 aliphatic heterocycles. The van der Waals surface area contributed by atoms with Crippen molar-refractivity contribution < 1.29 is 5.11 Å². The van der Waals surface area contributed by atoms with Crippen LogP contribution in [0.3, 0.4) is 0 Å². The molecule has 0 aromatic heterocycles. The monoisotopic (exact) mass is 184 g/mol. The van der Waals surface area contributed by atoms with E-state index in [0.29, 0.717) is 12.3 Å². The molecule has 0 aliphatic rings. The van der Waals surface area contributed by atoms with Crippen molar-refractivity contribution in [3.05, 3.63) is 12.8 Å². The Morgan fingerprint density at radius 3 is 2.38 bits per heavy atom. The fourth-order valence-corrected chi connectivity index (χ4v) is 1.20. The van der Waals surface area contributed by atoms with E-state index < -0.39 is 5.60 Å². The van der Waals surface area contributed by atoms with Gasteiger partial charge in [0.2, 0.25) is 0 Å². The number of aliphatic imine (C=N–C) groups is 1. The number of likely N-dealkylation sites (N-methyl/N-ethyl adjacent to an activating group) is 1. The van der Waals surface area contributed by atoms with Crippen LogP contribution in [0.4, 0.5) is 0 Å². The Morgan fingerprint density at radius 1 is 1.62 bits per heavy atom. The van der Waals surface area contributed by atoms with Crippen molar-refractivity contribution in [2.45, 2.75) is 32.8 Å². The first-order valence-electron chi connectivity index (χ1n) is 4.62. The van der Waals surface area contributed by atoms with Crippen LogP contribution in [0.25, 0.3) is 0 Å². The fourth-order valence-electron chi connectivity index (χ4n) is 1.20. The third kappa shape index (κ3) is 2.84. The van der Waals surface area contributed by atoms with Gasteiger partial charge in [0.15, 0.2) is 0 Å². The topological polar surface area (TPSA) is 35.8 Å². The van der Waals surface area contributed by atoms with Crippen LogP contribution in [-0.4, -0.2) is 35.0 Å². The minimum atomic E-state index is -0.862. The summed E-state index contributed by atoms with van der Waals surface area (Å²) >= 11 is 0. The first kappa shape index (κ1) is 12.2. The van der Waals surface area contributed by atoms with Crippen LogP contribution in [0.1, 0.15) is 27.2 Å². The Balaban J connectivity index is 4.79. The van der Waals surface area contributed by atoms with Crippen molar-refractivity contribution >= 4 is 5.84 Å². The summed E-state index contributed by atoms with van der Waals surface area (Å²) in [6.07, 6.45) is 2.33. The van der Waals surface area contributed by atoms with Crippen molar-refractivity contribution in [1.82, 2.24) is 4.90 Å². The predicted molar refractivity (Wildman–Crippen MR) is 56.9 cm³/mol. The summed E-state index contributed by atoms with van der Waals surface area (Å²) in [5.74, 6) is 0.674. The molecule has 0 radical (unpaired) electrons. The van der Waals surface area contributed by atoms with Gasteiger partial charge in [0.1, 0.15) is 11.4 Å². The van der Waals surface area contributed by atoms with E-state index in [1.807, 2.05) is 18.7 Å². The summed E-state index contributed by atoms with van der Waals surface area (Å²) in [5.41, 5.74) is -0.862. The maximum atomic E-state index is 10.00. The first-order chi connectivity index (χ1) is 6.03. The molecule has 0 bridgehead atoms. The molecule has 0 saturated carbocycles. The molecule has 13 heavy (non-hydrogen) atoms. The van der Waals surface area contributed by atoms with Gasteiger partial charge in [-0.2, -0.15) is 0 Å². The van der Waals surface area contributed by atoms with E-state index in [2.05, 4.69) is 11.6 Å². The highest BCUT2D eigenvalue weighted by Crippen LogP contribution is 2.14. The Labute approximate surface area is 80.8 Å². The van der Waals surface area contributed by atoms with Crippen LogP contribution in [0.15, 0.2) is 17.8 Å². The van der Waals surface area contributed by atoms with Crippen molar-refractivity contribution in [2.75, 3.05) is 13.6 Å². The second kappa shape index (κ2) is 5.02. The molecule has 1 N–H and O–H groups in total. The number of aliphatic hydroxyl groups is 1. The molecule has 1 unspecified atom stereocenters. The minimum absolute atomic E-state index is 0.643. The molecule has 0 saturated heterocycles. The third-order valence-corrected chi connectivity index (χ3v) is 2.22. The highest BCUT2D eigenvalue weighted by molar-refractivity contribution is 5.90. The van der Waals surface area contributed by atoms with Gasteiger partial charge < -0.3 is 10.0 Å². The number of nitrogens with zero attached hydrogens (tertiary/aromatic N) is 2. The van der Waals surface area contributed by atoms with Crippen molar-refractivity contribution in [1.29, 1.82) is 0 Å². The average molecular weight is 184 g/mol. The highest BCUT2D eigenvalue weighted by atomic mass is 16.3. The lowest BCUT2D eigenvalue weighted by atomic mass is 10.0. The zero-order chi connectivity index (χ0) is 10.5. The molecule has 0 spiro atoms. The van der Waals surface area contributed by atoms with Crippen LogP contribution < -0.4 is 0 Å². The molecule has 0 aromatic rings. The second-order valence-electron chi connectivity index (χ2n) is 3.14. The fraction of sp³-hybridized carbons (Fsp3) is 0.700. The normalized spacial score (nSPS) is 16.5. The Kier molecular flexibility index (Phi) is 4.70. The highest BCUT2D eigenvalue weighted by Gasteiger charge is 2.27. The van der Waals surface area contributed by atoms with Gasteiger partial charge in [0.05, 0.1) is 0 Å². The van der Waals surface area contributed by atoms with Gasteiger partial charge in [-0.3, -0.25) is 4.99 Å². The van der Waals surface area contributed by atoms with E-state index in [1.54, 1.807) is 20.2 Å². The lowest BCUT2D eigenvalue weighted by Gasteiger charge is -2.30. The van der Waals surface area contributed by atoms with Gasteiger partial charge in [-0.25, -0.2) is 0 Å². The summed E-state index contributed by atoms with van der Waals surface area (Å²) < 4.78 is 0. The van der Waals surface area contributed by atoms with Gasteiger partial charge in [0.25, 0.3) is 0 Å². The van der Waals surface area contributed by atoms with Crippen molar-refractivity contribution in [3.8, 4) is 0 Å². The Morgan fingerprint density at radius 2 is 2.15 bits per heavy atom. The number of hydrogen-bond donors (Lipinski definition) is 1.